The van der Waals surface area contributed by atoms with E-state index in [9.17, 15) is 4.79 Å². The topological polar surface area (TPSA) is 29.1 Å². The van der Waals surface area contributed by atoms with E-state index in [0.717, 1.165) is 15.6 Å². The fourth-order valence-electron chi connectivity index (χ4n) is 2.56. The predicted molar refractivity (Wildman–Crippen MR) is 77.7 cm³/mol. The summed E-state index contributed by atoms with van der Waals surface area (Å²) in [6, 6.07) is 5.95. The molecule has 2 nitrogen and oxygen atoms in total. The van der Waals surface area contributed by atoms with Crippen molar-refractivity contribution in [1.82, 2.24) is 5.32 Å². The predicted octanol–water partition coefficient (Wildman–Crippen LogP) is 3.92. The third-order valence-electron chi connectivity index (χ3n) is 4.72. The molecule has 0 radical (unpaired) electrons. The Hall–Kier alpha value is -0.830. The smallest absolute Gasteiger partial charge is 0.251 e. The van der Waals surface area contributed by atoms with E-state index in [1.165, 1.54) is 0 Å². The summed E-state index contributed by atoms with van der Waals surface area (Å²) in [6.45, 7) is 10.8. The van der Waals surface area contributed by atoms with Gasteiger partial charge >= 0.3 is 0 Å². The molecule has 2 rings (SSSR count). The van der Waals surface area contributed by atoms with Crippen molar-refractivity contribution >= 4 is 21.8 Å². The van der Waals surface area contributed by atoms with Gasteiger partial charge in [-0.3, -0.25) is 4.79 Å². The van der Waals surface area contributed by atoms with Crippen LogP contribution in [-0.2, 0) is 0 Å². The van der Waals surface area contributed by atoms with Gasteiger partial charge in [0.15, 0.2) is 0 Å². The van der Waals surface area contributed by atoms with E-state index >= 15 is 0 Å². The summed E-state index contributed by atoms with van der Waals surface area (Å²) >= 11 is 3.45. The SMILES string of the molecule is Cc1cc(C(=O)NC2C(C)(C)C2(C)C)ccc1Br. The maximum absolute atomic E-state index is 12.2. The summed E-state index contributed by atoms with van der Waals surface area (Å²) in [5.41, 5.74) is 2.16. The molecule has 98 valence electrons. The molecule has 1 amide bonds. The van der Waals surface area contributed by atoms with Gasteiger partial charge in [-0.15, -0.1) is 0 Å². The van der Waals surface area contributed by atoms with Crippen LogP contribution in [0.3, 0.4) is 0 Å². The van der Waals surface area contributed by atoms with Gasteiger partial charge in [0.2, 0.25) is 0 Å². The second-order valence-corrected chi connectivity index (χ2v) is 7.17. The molecule has 1 aliphatic rings. The van der Waals surface area contributed by atoms with E-state index < -0.39 is 0 Å². The van der Waals surface area contributed by atoms with Crippen molar-refractivity contribution in [2.24, 2.45) is 10.8 Å². The fourth-order valence-corrected chi connectivity index (χ4v) is 2.80. The van der Waals surface area contributed by atoms with Crippen molar-refractivity contribution < 1.29 is 4.79 Å². The number of nitrogens with one attached hydrogen (secondary N) is 1. The lowest BCUT2D eigenvalue weighted by Crippen LogP contribution is -2.29. The molecule has 1 saturated carbocycles. The first-order valence-electron chi connectivity index (χ1n) is 6.25. The number of aryl methyl sites for hydroxylation is 1. The summed E-state index contributed by atoms with van der Waals surface area (Å²) in [4.78, 5) is 12.2. The second kappa shape index (κ2) is 4.09. The van der Waals surface area contributed by atoms with E-state index in [1.54, 1.807) is 0 Å². The van der Waals surface area contributed by atoms with Crippen molar-refractivity contribution in [3.63, 3.8) is 0 Å². The molecule has 0 saturated heterocycles. The maximum Gasteiger partial charge on any atom is 0.251 e. The first-order chi connectivity index (χ1) is 8.18. The van der Waals surface area contributed by atoms with Crippen molar-refractivity contribution in [3.05, 3.63) is 33.8 Å². The largest absolute Gasteiger partial charge is 0.348 e. The first-order valence-corrected chi connectivity index (χ1v) is 7.04. The monoisotopic (exact) mass is 309 g/mol. The van der Waals surface area contributed by atoms with Crippen LogP contribution in [0, 0.1) is 17.8 Å². The Labute approximate surface area is 117 Å². The van der Waals surface area contributed by atoms with Gasteiger partial charge in [0.25, 0.3) is 5.91 Å². The van der Waals surface area contributed by atoms with E-state index in [1.807, 2.05) is 25.1 Å². The average molecular weight is 310 g/mol. The highest BCUT2D eigenvalue weighted by molar-refractivity contribution is 9.10. The van der Waals surface area contributed by atoms with Crippen LogP contribution in [0.5, 0.6) is 0 Å². The Balaban J connectivity index is 2.12. The van der Waals surface area contributed by atoms with Crippen molar-refractivity contribution in [3.8, 4) is 0 Å². The minimum absolute atomic E-state index is 0.0225. The van der Waals surface area contributed by atoms with E-state index in [2.05, 4.69) is 48.9 Å². The highest BCUT2D eigenvalue weighted by Gasteiger charge is 2.65. The first kappa shape index (κ1) is 13.6. The van der Waals surface area contributed by atoms with Gasteiger partial charge in [0, 0.05) is 16.1 Å². The van der Waals surface area contributed by atoms with Crippen LogP contribution < -0.4 is 5.32 Å². The maximum atomic E-state index is 12.2. The lowest BCUT2D eigenvalue weighted by Gasteiger charge is -2.08. The molecule has 1 fully saturated rings. The molecule has 18 heavy (non-hydrogen) atoms. The molecule has 0 unspecified atom stereocenters. The van der Waals surface area contributed by atoms with Gasteiger partial charge in [-0.2, -0.15) is 0 Å². The lowest BCUT2D eigenvalue weighted by atomic mass is 10.0. The number of hydrogen-bond donors (Lipinski definition) is 1. The molecule has 0 spiro atoms. The summed E-state index contributed by atoms with van der Waals surface area (Å²) in [6.07, 6.45) is 0. The molecule has 0 aromatic heterocycles. The molecule has 1 aromatic carbocycles. The quantitative estimate of drug-likeness (QED) is 0.881. The van der Waals surface area contributed by atoms with Gasteiger partial charge in [-0.05, 0) is 41.5 Å². The molecular formula is C15H20BrNO. The van der Waals surface area contributed by atoms with Crippen LogP contribution in [0.4, 0.5) is 0 Å². The van der Waals surface area contributed by atoms with Gasteiger partial charge in [0.1, 0.15) is 0 Å². The Morgan fingerprint density at radius 3 is 2.22 bits per heavy atom. The Morgan fingerprint density at radius 2 is 1.78 bits per heavy atom. The van der Waals surface area contributed by atoms with E-state index in [0.29, 0.717) is 0 Å². The zero-order valence-corrected chi connectivity index (χ0v) is 13.2. The zero-order valence-electron chi connectivity index (χ0n) is 11.6. The van der Waals surface area contributed by atoms with Crippen LogP contribution in [-0.4, -0.2) is 11.9 Å². The van der Waals surface area contributed by atoms with Crippen LogP contribution in [0.2, 0.25) is 0 Å². The van der Waals surface area contributed by atoms with Crippen molar-refractivity contribution in [1.29, 1.82) is 0 Å². The normalized spacial score (nSPS) is 20.6. The molecule has 0 aliphatic heterocycles. The minimum atomic E-state index is 0.0225. The third kappa shape index (κ3) is 1.99. The van der Waals surface area contributed by atoms with Crippen LogP contribution >= 0.6 is 15.9 Å². The summed E-state index contributed by atoms with van der Waals surface area (Å²) in [5, 5.41) is 3.14. The van der Waals surface area contributed by atoms with E-state index in [-0.39, 0.29) is 22.8 Å². The molecule has 0 atom stereocenters. The fraction of sp³-hybridized carbons (Fsp3) is 0.533. The summed E-state index contributed by atoms with van der Waals surface area (Å²) in [7, 11) is 0. The zero-order chi connectivity index (χ0) is 13.7. The van der Waals surface area contributed by atoms with Gasteiger partial charge < -0.3 is 5.32 Å². The number of carbonyl (C=O) groups excluding carboxylic acids is 1. The van der Waals surface area contributed by atoms with E-state index in [4.69, 9.17) is 0 Å². The number of hydrogen-bond acceptors (Lipinski definition) is 1. The second-order valence-electron chi connectivity index (χ2n) is 6.31. The number of amides is 1. The summed E-state index contributed by atoms with van der Waals surface area (Å²) < 4.78 is 1.03. The molecule has 1 aliphatic carbocycles. The van der Waals surface area contributed by atoms with Crippen LogP contribution in [0.25, 0.3) is 0 Å². The number of carbonyl (C=O) groups is 1. The Kier molecular flexibility index (Phi) is 3.09. The van der Waals surface area contributed by atoms with Gasteiger partial charge in [-0.1, -0.05) is 43.6 Å². The molecule has 1 N–H and O–H groups in total. The standard InChI is InChI=1S/C15H20BrNO/c1-9-8-10(6-7-11(9)16)12(18)17-13-14(2,3)15(13,4)5/h6-8,13H,1-5H3,(H,17,18). The number of benzene rings is 1. The van der Waals surface area contributed by atoms with Crippen molar-refractivity contribution in [2.75, 3.05) is 0 Å². The highest BCUT2D eigenvalue weighted by atomic mass is 79.9. The number of rotatable bonds is 2. The van der Waals surface area contributed by atoms with Gasteiger partial charge in [-0.25, -0.2) is 0 Å². The molecular weight excluding hydrogens is 290 g/mol. The molecule has 0 bridgehead atoms. The Morgan fingerprint density at radius 1 is 1.22 bits per heavy atom. The van der Waals surface area contributed by atoms with Crippen molar-refractivity contribution in [2.45, 2.75) is 40.7 Å². The molecule has 1 aromatic rings. The third-order valence-corrected chi connectivity index (χ3v) is 5.61. The van der Waals surface area contributed by atoms with Gasteiger partial charge in [0.05, 0.1) is 0 Å². The lowest BCUT2D eigenvalue weighted by molar-refractivity contribution is 0.0943. The van der Waals surface area contributed by atoms with Crippen LogP contribution in [0.1, 0.15) is 43.6 Å². The highest BCUT2D eigenvalue weighted by Crippen LogP contribution is 2.62. The number of halogens is 1. The Bertz CT molecular complexity index is 491. The molecule has 3 heteroatoms. The van der Waals surface area contributed by atoms with Crippen LogP contribution in [0.15, 0.2) is 22.7 Å². The average Bonchev–Trinajstić information content (AvgIpc) is 2.65. The summed E-state index contributed by atoms with van der Waals surface area (Å²) in [5.74, 6) is 0.0225. The minimum Gasteiger partial charge on any atom is -0.348 e. The molecule has 0 heterocycles.